The lowest BCUT2D eigenvalue weighted by atomic mass is 9.63. The van der Waals surface area contributed by atoms with Gasteiger partial charge in [-0.05, 0) is 51.7 Å². The smallest absolute Gasteiger partial charge is 0.310 e. The minimum absolute atomic E-state index is 0.0168. The molecule has 2 aliphatic carbocycles. The molecule has 0 radical (unpaired) electrons. The summed E-state index contributed by atoms with van der Waals surface area (Å²) in [7, 11) is 2.87. The first-order valence-corrected chi connectivity index (χ1v) is 10.3. The molecule has 7 unspecified atom stereocenters. The fraction of sp³-hybridized carbons (Fsp3) is 0.435. The second-order valence-corrected chi connectivity index (χ2v) is 9.13. The topological polar surface area (TPSA) is 26.3 Å². The van der Waals surface area contributed by atoms with Gasteiger partial charge in [-0.3, -0.25) is 4.79 Å². The van der Waals surface area contributed by atoms with Crippen molar-refractivity contribution >= 4 is 20.5 Å². The Morgan fingerprint density at radius 1 is 1.04 bits per heavy atom. The predicted octanol–water partition coefficient (Wildman–Crippen LogP) is 4.35. The molecule has 0 N–H and O–H groups in total. The first-order valence-electron chi connectivity index (χ1n) is 9.70. The van der Waals surface area contributed by atoms with E-state index in [9.17, 15) is 4.79 Å². The fourth-order valence-electron chi connectivity index (χ4n) is 5.29. The second-order valence-electron chi connectivity index (χ2n) is 8.47. The molecule has 0 amide bonds. The number of carbonyl (C=O) groups is 1. The zero-order valence-corrected chi connectivity index (χ0v) is 16.5. The van der Waals surface area contributed by atoms with Crippen LogP contribution >= 0.6 is 9.24 Å². The summed E-state index contributed by atoms with van der Waals surface area (Å²) in [4.78, 5) is 12.7. The molecular weight excluding hydrogens is 339 g/mol. The van der Waals surface area contributed by atoms with Crippen LogP contribution in [0, 0.1) is 17.8 Å². The highest BCUT2D eigenvalue weighted by Crippen LogP contribution is 2.53. The predicted molar refractivity (Wildman–Crippen MR) is 107 cm³/mol. The van der Waals surface area contributed by atoms with Crippen molar-refractivity contribution in [2.75, 3.05) is 6.61 Å². The molecule has 1 heterocycles. The SMILES string of the molecule is CC1CC1c1cc(P)cc(C2c3ccccc3C(C)C3COC(=O)C23)c1. The van der Waals surface area contributed by atoms with Crippen LogP contribution in [0.4, 0.5) is 0 Å². The van der Waals surface area contributed by atoms with Gasteiger partial charge in [-0.1, -0.05) is 56.3 Å². The molecule has 7 atom stereocenters. The molecule has 2 aromatic carbocycles. The number of hydrogen-bond donors (Lipinski definition) is 0. The number of hydrogen-bond acceptors (Lipinski definition) is 2. The molecule has 2 fully saturated rings. The number of esters is 1. The molecule has 0 spiro atoms. The first-order chi connectivity index (χ1) is 12.5. The van der Waals surface area contributed by atoms with Gasteiger partial charge in [-0.15, -0.1) is 9.24 Å². The minimum Gasteiger partial charge on any atom is -0.465 e. The highest BCUT2D eigenvalue weighted by molar-refractivity contribution is 7.27. The van der Waals surface area contributed by atoms with Gasteiger partial charge < -0.3 is 4.74 Å². The van der Waals surface area contributed by atoms with Gasteiger partial charge in [0.05, 0.1) is 12.5 Å². The summed E-state index contributed by atoms with van der Waals surface area (Å²) in [5.74, 6) is 2.12. The van der Waals surface area contributed by atoms with Crippen LogP contribution in [0.5, 0.6) is 0 Å². The van der Waals surface area contributed by atoms with Crippen LogP contribution in [-0.2, 0) is 9.53 Å². The van der Waals surface area contributed by atoms with Crippen molar-refractivity contribution in [3.63, 3.8) is 0 Å². The Morgan fingerprint density at radius 2 is 1.73 bits per heavy atom. The first kappa shape index (κ1) is 16.5. The molecule has 134 valence electrons. The average Bonchev–Trinajstić information content (AvgIpc) is 3.25. The number of rotatable bonds is 2. The van der Waals surface area contributed by atoms with Crippen LogP contribution < -0.4 is 5.30 Å². The van der Waals surface area contributed by atoms with Gasteiger partial charge in [0.2, 0.25) is 0 Å². The van der Waals surface area contributed by atoms with E-state index in [1.54, 1.807) is 0 Å². The van der Waals surface area contributed by atoms with Crippen molar-refractivity contribution in [1.82, 2.24) is 0 Å². The van der Waals surface area contributed by atoms with Crippen molar-refractivity contribution in [2.45, 2.75) is 38.0 Å². The lowest BCUT2D eigenvalue weighted by Gasteiger charge is -2.37. The highest BCUT2D eigenvalue weighted by atomic mass is 31.0. The van der Waals surface area contributed by atoms with Crippen LogP contribution in [0.2, 0.25) is 0 Å². The number of benzene rings is 2. The van der Waals surface area contributed by atoms with Crippen molar-refractivity contribution in [2.24, 2.45) is 17.8 Å². The van der Waals surface area contributed by atoms with E-state index >= 15 is 0 Å². The second kappa shape index (κ2) is 5.92. The Hall–Kier alpha value is -1.66. The summed E-state index contributed by atoms with van der Waals surface area (Å²) < 4.78 is 5.55. The van der Waals surface area contributed by atoms with E-state index < -0.39 is 0 Å². The van der Waals surface area contributed by atoms with Crippen LogP contribution in [0.1, 0.15) is 60.3 Å². The van der Waals surface area contributed by atoms with Gasteiger partial charge >= 0.3 is 5.97 Å². The summed E-state index contributed by atoms with van der Waals surface area (Å²) in [5.41, 5.74) is 5.40. The Morgan fingerprint density at radius 3 is 2.46 bits per heavy atom. The summed E-state index contributed by atoms with van der Waals surface area (Å²) in [6.07, 6.45) is 1.28. The Labute approximate surface area is 157 Å². The van der Waals surface area contributed by atoms with E-state index in [2.05, 4.69) is 65.6 Å². The maximum Gasteiger partial charge on any atom is 0.310 e. The molecule has 5 rings (SSSR count). The summed E-state index contributed by atoms with van der Waals surface area (Å²) in [5, 5.41) is 1.22. The molecule has 1 saturated heterocycles. The van der Waals surface area contributed by atoms with E-state index in [1.807, 2.05) is 0 Å². The summed E-state index contributed by atoms with van der Waals surface area (Å²) in [6, 6.07) is 15.6. The molecule has 1 saturated carbocycles. The summed E-state index contributed by atoms with van der Waals surface area (Å²) in [6.45, 7) is 5.13. The maximum absolute atomic E-state index is 12.7. The van der Waals surface area contributed by atoms with Crippen molar-refractivity contribution in [3.8, 4) is 0 Å². The van der Waals surface area contributed by atoms with Crippen LogP contribution in [0.25, 0.3) is 0 Å². The minimum atomic E-state index is -0.0591. The van der Waals surface area contributed by atoms with Gasteiger partial charge in [-0.25, -0.2) is 0 Å². The Bertz CT molecular complexity index is 890. The van der Waals surface area contributed by atoms with Gasteiger partial charge in [-0.2, -0.15) is 0 Å². The molecule has 2 aromatic rings. The molecule has 3 aliphatic rings. The van der Waals surface area contributed by atoms with Crippen molar-refractivity contribution in [1.29, 1.82) is 0 Å². The Balaban J connectivity index is 1.68. The summed E-state index contributed by atoms with van der Waals surface area (Å²) >= 11 is 0. The van der Waals surface area contributed by atoms with E-state index in [0.717, 1.165) is 5.92 Å². The lowest BCUT2D eigenvalue weighted by Crippen LogP contribution is -2.33. The molecule has 0 aromatic heterocycles. The van der Waals surface area contributed by atoms with E-state index in [-0.39, 0.29) is 23.7 Å². The van der Waals surface area contributed by atoms with E-state index in [1.165, 1.54) is 34.0 Å². The average molecular weight is 364 g/mol. The zero-order valence-electron chi connectivity index (χ0n) is 15.3. The standard InChI is InChI=1S/C23H25O2P/c1-12-7-19(12)14-8-15(10-16(26)9-14)21-18-6-4-3-5-17(18)13(2)20-11-25-23(24)22(20)21/h3-6,8-10,12-13,19-22H,7,11,26H2,1-2H3. The van der Waals surface area contributed by atoms with Gasteiger partial charge in [0.15, 0.2) is 0 Å². The molecular formula is C23H25O2P. The largest absolute Gasteiger partial charge is 0.465 e. The van der Waals surface area contributed by atoms with E-state index in [4.69, 9.17) is 4.74 Å². The fourth-order valence-corrected chi connectivity index (χ4v) is 5.68. The normalized spacial score (nSPS) is 34.8. The zero-order chi connectivity index (χ0) is 18.0. The van der Waals surface area contributed by atoms with Gasteiger partial charge in [0.1, 0.15) is 0 Å². The number of cyclic esters (lactones) is 1. The highest BCUT2D eigenvalue weighted by Gasteiger charge is 2.50. The molecule has 3 heteroatoms. The quantitative estimate of drug-likeness (QED) is 0.585. The number of carbonyl (C=O) groups excluding carboxylic acids is 1. The molecule has 2 nitrogen and oxygen atoms in total. The molecule has 1 aliphatic heterocycles. The van der Waals surface area contributed by atoms with E-state index in [0.29, 0.717) is 18.4 Å². The lowest BCUT2D eigenvalue weighted by molar-refractivity contribution is -0.141. The molecule has 0 bridgehead atoms. The third-order valence-electron chi connectivity index (χ3n) is 6.87. The third-order valence-corrected chi connectivity index (χ3v) is 7.20. The maximum atomic E-state index is 12.7. The number of ether oxygens (including phenoxy) is 1. The van der Waals surface area contributed by atoms with Gasteiger partial charge in [0, 0.05) is 11.8 Å². The molecule has 26 heavy (non-hydrogen) atoms. The van der Waals surface area contributed by atoms with Crippen molar-refractivity contribution < 1.29 is 9.53 Å². The van der Waals surface area contributed by atoms with Crippen LogP contribution in [0.3, 0.4) is 0 Å². The third kappa shape index (κ3) is 2.46. The van der Waals surface area contributed by atoms with Crippen LogP contribution in [-0.4, -0.2) is 12.6 Å². The van der Waals surface area contributed by atoms with Gasteiger partial charge in [0.25, 0.3) is 0 Å². The van der Waals surface area contributed by atoms with Crippen molar-refractivity contribution in [3.05, 3.63) is 64.7 Å². The Kier molecular flexibility index (Phi) is 3.76. The number of fused-ring (bicyclic) bond motifs is 2. The monoisotopic (exact) mass is 364 g/mol. The van der Waals surface area contributed by atoms with Crippen LogP contribution in [0.15, 0.2) is 42.5 Å².